The highest BCUT2D eigenvalue weighted by Gasteiger charge is 2.11. The van der Waals surface area contributed by atoms with Crippen molar-refractivity contribution in [3.8, 4) is 17.6 Å². The van der Waals surface area contributed by atoms with Gasteiger partial charge >= 0.3 is 0 Å². The van der Waals surface area contributed by atoms with Crippen LogP contribution in [-0.2, 0) is 14.3 Å². The molecule has 0 aliphatic heterocycles. The zero-order valence-corrected chi connectivity index (χ0v) is 21.1. The lowest BCUT2D eigenvalue weighted by molar-refractivity contribution is -0.126. The lowest BCUT2D eigenvalue weighted by Gasteiger charge is -2.14. The fraction of sp³-hybridized carbons (Fsp3) is 0.600. The van der Waals surface area contributed by atoms with E-state index in [1.165, 1.54) is 0 Å². The summed E-state index contributed by atoms with van der Waals surface area (Å²) in [4.78, 5) is 26.8. The van der Waals surface area contributed by atoms with Crippen molar-refractivity contribution in [1.29, 1.82) is 0 Å². The van der Waals surface area contributed by atoms with Crippen LogP contribution in [0, 0.1) is 23.7 Å². The van der Waals surface area contributed by atoms with Crippen molar-refractivity contribution in [2.75, 3.05) is 39.5 Å². The van der Waals surface area contributed by atoms with Crippen LogP contribution in [0.1, 0.15) is 50.9 Å². The second-order valence-electron chi connectivity index (χ2n) is 8.47. The molecule has 0 saturated carbocycles. The minimum atomic E-state index is -0.891. The molecule has 10 heteroatoms. The molecule has 0 aliphatic carbocycles. The molecule has 1 atom stereocenters. The lowest BCUT2D eigenvalue weighted by Crippen LogP contribution is -2.29. The molecule has 1 unspecified atom stereocenters. The van der Waals surface area contributed by atoms with Gasteiger partial charge in [0.25, 0.3) is 5.91 Å². The number of hydrogen-bond acceptors (Lipinski definition) is 6. The molecule has 1 aromatic carbocycles. The van der Waals surface area contributed by atoms with Gasteiger partial charge in [-0.05, 0) is 42.5 Å². The molecule has 0 spiro atoms. The molecule has 192 valence electrons. The van der Waals surface area contributed by atoms with Gasteiger partial charge in [0, 0.05) is 22.9 Å². The van der Waals surface area contributed by atoms with Crippen LogP contribution in [0.4, 0.5) is 0 Å². The fourth-order valence-electron chi connectivity index (χ4n) is 2.74. The monoisotopic (exact) mass is 487 g/mol. The van der Waals surface area contributed by atoms with Crippen molar-refractivity contribution in [1.82, 2.24) is 10.6 Å². The quantitative estimate of drug-likeness (QED) is 0.121. The van der Waals surface area contributed by atoms with Gasteiger partial charge in [-0.15, -0.1) is 0 Å². The van der Waals surface area contributed by atoms with Gasteiger partial charge in [-0.3, -0.25) is 9.59 Å². The summed E-state index contributed by atoms with van der Waals surface area (Å²) in [5, 5.41) is 9.09. The first-order chi connectivity index (χ1) is 16.8. The van der Waals surface area contributed by atoms with Crippen molar-refractivity contribution in [2.24, 2.45) is 17.0 Å². The van der Waals surface area contributed by atoms with Gasteiger partial charge in [0.15, 0.2) is 6.23 Å². The minimum absolute atomic E-state index is 0.0431. The third-order valence-corrected chi connectivity index (χ3v) is 4.45. The standard InChI is InChI=1S/C25H37N5O5/c1-19(2)8-6-12-27-23(31)17-33-14-15-34-24(29-30-26)18-35-22-11-5-10-21(16-22)25(32)28-13-7-9-20(3)4/h5,10-11,16,19-20,24H,7,9,12-15,17-18H2,1-4H3,(H,27,31)(H,28,32). The van der Waals surface area contributed by atoms with Gasteiger partial charge in [-0.2, -0.15) is 0 Å². The summed E-state index contributed by atoms with van der Waals surface area (Å²) in [6.45, 7) is 9.20. The summed E-state index contributed by atoms with van der Waals surface area (Å²) in [5.41, 5.74) is 9.26. The first kappa shape index (κ1) is 29.8. The van der Waals surface area contributed by atoms with Crippen molar-refractivity contribution < 1.29 is 23.8 Å². The van der Waals surface area contributed by atoms with Crippen LogP contribution in [0.5, 0.6) is 5.75 Å². The number of nitrogens with one attached hydrogen (secondary N) is 2. The molecule has 0 fully saturated rings. The van der Waals surface area contributed by atoms with Crippen LogP contribution in [0.25, 0.3) is 10.4 Å². The summed E-state index contributed by atoms with van der Waals surface area (Å²) in [5.74, 6) is 6.66. The molecule has 1 aromatic rings. The van der Waals surface area contributed by atoms with E-state index in [0.717, 1.165) is 12.8 Å². The van der Waals surface area contributed by atoms with E-state index in [0.29, 0.717) is 23.8 Å². The third-order valence-electron chi connectivity index (χ3n) is 4.45. The van der Waals surface area contributed by atoms with E-state index in [1.807, 2.05) is 13.8 Å². The number of carbonyl (C=O) groups excluding carboxylic acids is 2. The summed E-state index contributed by atoms with van der Waals surface area (Å²) in [6.07, 6.45) is 1.08. The minimum Gasteiger partial charge on any atom is -0.491 e. The lowest BCUT2D eigenvalue weighted by atomic mass is 10.1. The number of nitrogens with zero attached hydrogens (tertiary/aromatic N) is 3. The maximum Gasteiger partial charge on any atom is 0.251 e. The second kappa shape index (κ2) is 18.1. The van der Waals surface area contributed by atoms with Gasteiger partial charge in [-0.1, -0.05) is 50.7 Å². The molecule has 35 heavy (non-hydrogen) atoms. The maximum atomic E-state index is 12.3. The number of amides is 2. The Bertz CT molecular complexity index is 888. The predicted octanol–water partition coefficient (Wildman–Crippen LogP) is 3.68. The normalized spacial score (nSPS) is 11.3. The smallest absolute Gasteiger partial charge is 0.251 e. The van der Waals surface area contributed by atoms with Gasteiger partial charge in [0.2, 0.25) is 5.91 Å². The van der Waals surface area contributed by atoms with Crippen molar-refractivity contribution in [3.05, 3.63) is 40.3 Å². The van der Waals surface area contributed by atoms with E-state index in [4.69, 9.17) is 19.7 Å². The van der Waals surface area contributed by atoms with Crippen LogP contribution in [0.2, 0.25) is 0 Å². The third kappa shape index (κ3) is 15.3. The Labute approximate surface area is 207 Å². The van der Waals surface area contributed by atoms with Gasteiger partial charge in [0.1, 0.15) is 19.0 Å². The fourth-order valence-corrected chi connectivity index (χ4v) is 2.74. The largest absolute Gasteiger partial charge is 0.491 e. The first-order valence-electron chi connectivity index (χ1n) is 11.8. The van der Waals surface area contributed by atoms with Crippen LogP contribution in [0.15, 0.2) is 29.4 Å². The second-order valence-corrected chi connectivity index (χ2v) is 8.47. The molecule has 1 rings (SSSR count). The highest BCUT2D eigenvalue weighted by Crippen LogP contribution is 2.14. The van der Waals surface area contributed by atoms with Crippen LogP contribution < -0.4 is 15.4 Å². The maximum absolute atomic E-state index is 12.3. The van der Waals surface area contributed by atoms with Crippen LogP contribution >= 0.6 is 0 Å². The highest BCUT2D eigenvalue weighted by atomic mass is 16.6. The molecule has 0 aromatic heterocycles. The van der Waals surface area contributed by atoms with Gasteiger partial charge < -0.3 is 24.8 Å². The van der Waals surface area contributed by atoms with Gasteiger partial charge in [-0.25, -0.2) is 0 Å². The molecule has 0 saturated heterocycles. The van der Waals surface area contributed by atoms with Crippen molar-refractivity contribution >= 4 is 11.8 Å². The number of hydrogen-bond donors (Lipinski definition) is 2. The highest BCUT2D eigenvalue weighted by molar-refractivity contribution is 5.94. The van der Waals surface area contributed by atoms with E-state index in [2.05, 4.69) is 46.3 Å². The Kier molecular flexibility index (Phi) is 15.4. The number of rotatable bonds is 16. The van der Waals surface area contributed by atoms with E-state index < -0.39 is 6.23 Å². The summed E-state index contributed by atoms with van der Waals surface area (Å²) in [7, 11) is 0. The zero-order chi connectivity index (χ0) is 25.9. The number of benzene rings is 1. The average Bonchev–Trinajstić information content (AvgIpc) is 2.82. The number of carbonyl (C=O) groups is 2. The van der Waals surface area contributed by atoms with E-state index in [1.54, 1.807) is 24.3 Å². The van der Waals surface area contributed by atoms with Crippen molar-refractivity contribution in [2.45, 2.75) is 46.8 Å². The summed E-state index contributed by atoms with van der Waals surface area (Å²) < 4.78 is 16.4. The SMILES string of the molecule is CC(C)C#CCNC(=O)COCCOC(COc1cccc(C(=O)NCCCC(C)C)c1)N=[N+]=[N-]. The molecule has 10 nitrogen and oxygen atoms in total. The molecule has 2 N–H and O–H groups in total. The van der Waals surface area contributed by atoms with Crippen LogP contribution in [0.3, 0.4) is 0 Å². The summed E-state index contributed by atoms with van der Waals surface area (Å²) in [6, 6.07) is 6.75. The molecule has 0 heterocycles. The van der Waals surface area contributed by atoms with E-state index in [9.17, 15) is 9.59 Å². The Balaban J connectivity index is 2.36. The number of ether oxygens (including phenoxy) is 3. The van der Waals surface area contributed by atoms with Gasteiger partial charge in [0.05, 0.1) is 19.8 Å². The molecule has 0 aliphatic rings. The predicted molar refractivity (Wildman–Crippen MR) is 134 cm³/mol. The Morgan fingerprint density at radius 3 is 2.69 bits per heavy atom. The first-order valence-corrected chi connectivity index (χ1v) is 11.8. The molecular weight excluding hydrogens is 450 g/mol. The molecule has 0 bridgehead atoms. The average molecular weight is 488 g/mol. The Morgan fingerprint density at radius 2 is 1.97 bits per heavy atom. The number of azide groups is 1. The zero-order valence-electron chi connectivity index (χ0n) is 21.1. The molecule has 2 amide bonds. The van der Waals surface area contributed by atoms with E-state index in [-0.39, 0.29) is 50.7 Å². The Hall–Kier alpha value is -3.25. The van der Waals surface area contributed by atoms with Crippen LogP contribution in [-0.4, -0.2) is 57.6 Å². The Morgan fingerprint density at radius 1 is 1.17 bits per heavy atom. The topological polar surface area (TPSA) is 135 Å². The summed E-state index contributed by atoms with van der Waals surface area (Å²) >= 11 is 0. The molecule has 0 radical (unpaired) electrons. The molecular formula is C25H37N5O5. The van der Waals surface area contributed by atoms with Crippen molar-refractivity contribution in [3.63, 3.8) is 0 Å². The van der Waals surface area contributed by atoms with E-state index >= 15 is 0 Å².